The molecule has 1 unspecified atom stereocenters. The molecule has 6 heteroatoms. The van der Waals surface area contributed by atoms with Crippen molar-refractivity contribution >= 4 is 5.91 Å². The molecule has 1 amide bonds. The zero-order valence-corrected chi connectivity index (χ0v) is 15.0. The van der Waals surface area contributed by atoms with Gasteiger partial charge in [0.1, 0.15) is 0 Å². The van der Waals surface area contributed by atoms with E-state index in [0.717, 1.165) is 32.2 Å². The number of carbonyl (C=O) groups excluding carboxylic acids is 1. The number of hydrogen-bond donors (Lipinski definition) is 0. The van der Waals surface area contributed by atoms with Crippen molar-refractivity contribution in [2.24, 2.45) is 0 Å². The Hall–Kier alpha value is -2.24. The largest absolute Gasteiger partial charge is 0.340 e. The predicted molar refractivity (Wildman–Crippen MR) is 94.0 cm³/mol. The molecule has 3 heterocycles. The van der Waals surface area contributed by atoms with Gasteiger partial charge in [0.25, 0.3) is 0 Å². The van der Waals surface area contributed by atoms with E-state index in [1.54, 1.807) is 0 Å². The Labute approximate surface area is 148 Å². The second-order valence-corrected chi connectivity index (χ2v) is 6.98. The highest BCUT2D eigenvalue weighted by molar-refractivity contribution is 5.77. The van der Waals surface area contributed by atoms with Crippen LogP contribution in [0.3, 0.4) is 0 Å². The van der Waals surface area contributed by atoms with Gasteiger partial charge in [0.05, 0.1) is 0 Å². The summed E-state index contributed by atoms with van der Waals surface area (Å²) < 4.78 is 5.23. The zero-order valence-electron chi connectivity index (χ0n) is 15.0. The molecular weight excluding hydrogens is 316 g/mol. The number of rotatable bonds is 7. The molecule has 2 aromatic heterocycles. The third kappa shape index (κ3) is 4.65. The van der Waals surface area contributed by atoms with Crippen molar-refractivity contribution in [2.45, 2.75) is 64.3 Å². The van der Waals surface area contributed by atoms with Crippen LogP contribution in [0.15, 0.2) is 29.0 Å². The van der Waals surface area contributed by atoms with Crippen molar-refractivity contribution in [3.05, 3.63) is 41.8 Å². The number of likely N-dealkylation sites (tertiary alicyclic amines) is 1. The van der Waals surface area contributed by atoms with Crippen LogP contribution < -0.4 is 0 Å². The standard InChI is InChI=1S/C19H26N4O2/c1-14(2)19-21-17(25-22-19)7-8-18(24)23-13-3-4-16(23)6-5-15-9-11-20-12-10-15/h9-12,14,16H,3-8,13H2,1-2H3. The van der Waals surface area contributed by atoms with Gasteiger partial charge in [-0.25, -0.2) is 0 Å². The molecule has 0 N–H and O–H groups in total. The molecule has 0 spiro atoms. The lowest BCUT2D eigenvalue weighted by Gasteiger charge is -2.24. The van der Waals surface area contributed by atoms with Crippen LogP contribution >= 0.6 is 0 Å². The lowest BCUT2D eigenvalue weighted by molar-refractivity contribution is -0.132. The molecule has 25 heavy (non-hydrogen) atoms. The third-order valence-electron chi connectivity index (χ3n) is 4.77. The van der Waals surface area contributed by atoms with Gasteiger partial charge in [0.2, 0.25) is 11.8 Å². The summed E-state index contributed by atoms with van der Waals surface area (Å²) in [6.45, 7) is 4.91. The number of pyridine rings is 1. The number of aryl methyl sites for hydroxylation is 2. The van der Waals surface area contributed by atoms with E-state index in [-0.39, 0.29) is 11.8 Å². The molecule has 0 bridgehead atoms. The van der Waals surface area contributed by atoms with Crippen LogP contribution in [0, 0.1) is 0 Å². The van der Waals surface area contributed by atoms with Crippen molar-refractivity contribution in [3.8, 4) is 0 Å². The minimum Gasteiger partial charge on any atom is -0.340 e. The Morgan fingerprint density at radius 2 is 2.12 bits per heavy atom. The van der Waals surface area contributed by atoms with Gasteiger partial charge in [-0.3, -0.25) is 9.78 Å². The van der Waals surface area contributed by atoms with Gasteiger partial charge in [-0.2, -0.15) is 4.98 Å². The molecule has 1 fully saturated rings. The Balaban J connectivity index is 1.49. The van der Waals surface area contributed by atoms with Crippen molar-refractivity contribution in [1.82, 2.24) is 20.0 Å². The maximum atomic E-state index is 12.6. The summed E-state index contributed by atoms with van der Waals surface area (Å²) in [5, 5.41) is 3.95. The first-order valence-electron chi connectivity index (χ1n) is 9.14. The molecule has 3 rings (SSSR count). The Morgan fingerprint density at radius 3 is 2.84 bits per heavy atom. The van der Waals surface area contributed by atoms with E-state index in [1.807, 2.05) is 43.3 Å². The van der Waals surface area contributed by atoms with E-state index < -0.39 is 0 Å². The fourth-order valence-corrected chi connectivity index (χ4v) is 3.31. The van der Waals surface area contributed by atoms with Crippen LogP contribution in [0.5, 0.6) is 0 Å². The van der Waals surface area contributed by atoms with Crippen molar-refractivity contribution in [1.29, 1.82) is 0 Å². The molecule has 2 aromatic rings. The minimum absolute atomic E-state index is 0.196. The van der Waals surface area contributed by atoms with E-state index in [9.17, 15) is 4.79 Å². The number of hydrogen-bond acceptors (Lipinski definition) is 5. The SMILES string of the molecule is CC(C)c1noc(CCC(=O)N2CCCC2CCc2ccncc2)n1. The van der Waals surface area contributed by atoms with Gasteiger partial charge in [-0.05, 0) is 43.4 Å². The van der Waals surface area contributed by atoms with Crippen LogP contribution in [-0.4, -0.2) is 38.5 Å². The predicted octanol–water partition coefficient (Wildman–Crippen LogP) is 3.14. The molecular formula is C19H26N4O2. The summed E-state index contributed by atoms with van der Waals surface area (Å²) in [7, 11) is 0. The first-order chi connectivity index (χ1) is 12.1. The van der Waals surface area contributed by atoms with Crippen LogP contribution in [0.25, 0.3) is 0 Å². The number of aromatic nitrogens is 3. The summed E-state index contributed by atoms with van der Waals surface area (Å²) in [4.78, 5) is 23.0. The van der Waals surface area contributed by atoms with E-state index in [1.165, 1.54) is 5.56 Å². The van der Waals surface area contributed by atoms with E-state index in [0.29, 0.717) is 30.6 Å². The molecule has 134 valence electrons. The quantitative estimate of drug-likeness (QED) is 0.773. The van der Waals surface area contributed by atoms with Gasteiger partial charge in [-0.1, -0.05) is 19.0 Å². The molecule has 1 aliphatic heterocycles. The Bertz CT molecular complexity index is 684. The summed E-state index contributed by atoms with van der Waals surface area (Å²) >= 11 is 0. The molecule has 1 aliphatic rings. The van der Waals surface area contributed by atoms with Crippen LogP contribution in [0.1, 0.15) is 62.7 Å². The normalized spacial score (nSPS) is 17.4. The van der Waals surface area contributed by atoms with Gasteiger partial charge in [0, 0.05) is 43.7 Å². The summed E-state index contributed by atoms with van der Waals surface area (Å²) in [5.41, 5.74) is 1.28. The number of amides is 1. The molecule has 1 saturated heterocycles. The van der Waals surface area contributed by atoms with Crippen LogP contribution in [-0.2, 0) is 17.6 Å². The smallest absolute Gasteiger partial charge is 0.227 e. The maximum absolute atomic E-state index is 12.6. The molecule has 0 aliphatic carbocycles. The fourth-order valence-electron chi connectivity index (χ4n) is 3.31. The Kier molecular flexibility index (Phi) is 5.79. The van der Waals surface area contributed by atoms with E-state index in [4.69, 9.17) is 4.52 Å². The number of carbonyl (C=O) groups is 1. The second kappa shape index (κ2) is 8.23. The second-order valence-electron chi connectivity index (χ2n) is 6.98. The first kappa shape index (κ1) is 17.6. The molecule has 0 aromatic carbocycles. The maximum Gasteiger partial charge on any atom is 0.227 e. The van der Waals surface area contributed by atoms with Crippen molar-refractivity contribution < 1.29 is 9.32 Å². The highest BCUT2D eigenvalue weighted by Gasteiger charge is 2.28. The van der Waals surface area contributed by atoms with Crippen molar-refractivity contribution in [3.63, 3.8) is 0 Å². The van der Waals surface area contributed by atoms with Crippen LogP contribution in [0.2, 0.25) is 0 Å². The zero-order chi connectivity index (χ0) is 17.6. The summed E-state index contributed by atoms with van der Waals surface area (Å²) in [5.74, 6) is 1.70. The average Bonchev–Trinajstić information content (AvgIpc) is 3.28. The third-order valence-corrected chi connectivity index (χ3v) is 4.77. The number of nitrogens with zero attached hydrogens (tertiary/aromatic N) is 4. The Morgan fingerprint density at radius 1 is 1.32 bits per heavy atom. The van der Waals surface area contributed by atoms with Gasteiger partial charge in [-0.15, -0.1) is 0 Å². The fraction of sp³-hybridized carbons (Fsp3) is 0.579. The first-order valence-corrected chi connectivity index (χ1v) is 9.14. The minimum atomic E-state index is 0.196. The van der Waals surface area contributed by atoms with Gasteiger partial charge in [0.15, 0.2) is 5.82 Å². The molecule has 0 saturated carbocycles. The highest BCUT2D eigenvalue weighted by atomic mass is 16.5. The van der Waals surface area contributed by atoms with Gasteiger partial charge < -0.3 is 9.42 Å². The van der Waals surface area contributed by atoms with E-state index >= 15 is 0 Å². The summed E-state index contributed by atoms with van der Waals surface area (Å²) in [6, 6.07) is 4.43. The lowest BCUT2D eigenvalue weighted by Crippen LogP contribution is -2.36. The molecule has 0 radical (unpaired) electrons. The average molecular weight is 342 g/mol. The highest BCUT2D eigenvalue weighted by Crippen LogP contribution is 2.23. The topological polar surface area (TPSA) is 72.1 Å². The molecule has 1 atom stereocenters. The lowest BCUT2D eigenvalue weighted by atomic mass is 10.0. The van der Waals surface area contributed by atoms with Crippen molar-refractivity contribution in [2.75, 3.05) is 6.54 Å². The van der Waals surface area contributed by atoms with E-state index in [2.05, 4.69) is 15.1 Å². The molecule has 6 nitrogen and oxygen atoms in total. The van der Waals surface area contributed by atoms with Gasteiger partial charge >= 0.3 is 0 Å². The summed E-state index contributed by atoms with van der Waals surface area (Å²) in [6.07, 6.45) is 8.77. The monoisotopic (exact) mass is 342 g/mol. The van der Waals surface area contributed by atoms with Crippen LogP contribution in [0.4, 0.5) is 0 Å².